The van der Waals surface area contributed by atoms with Gasteiger partial charge in [-0.05, 0) is 42.4 Å². The van der Waals surface area contributed by atoms with Crippen molar-refractivity contribution in [2.45, 2.75) is 30.1 Å². The Balaban J connectivity index is 1.95. The van der Waals surface area contributed by atoms with E-state index in [-0.39, 0.29) is 0 Å². The third-order valence-corrected chi connectivity index (χ3v) is 4.03. The van der Waals surface area contributed by atoms with Gasteiger partial charge in [-0.15, -0.1) is 0 Å². The van der Waals surface area contributed by atoms with E-state index >= 15 is 0 Å². The Bertz CT molecular complexity index is 711. The summed E-state index contributed by atoms with van der Waals surface area (Å²) in [7, 11) is 0. The van der Waals surface area contributed by atoms with Crippen LogP contribution in [0.2, 0.25) is 0 Å². The van der Waals surface area contributed by atoms with Crippen molar-refractivity contribution in [3.05, 3.63) is 42.2 Å². The zero-order valence-corrected chi connectivity index (χ0v) is 12.7. The van der Waals surface area contributed by atoms with Gasteiger partial charge in [0.1, 0.15) is 11.4 Å². The number of nitrogens with one attached hydrogen (secondary N) is 2. The maximum Gasteiger partial charge on any atom is 0.189 e. The molecule has 0 aliphatic rings. The van der Waals surface area contributed by atoms with Gasteiger partial charge in [-0.25, -0.2) is 9.97 Å². The quantitative estimate of drug-likeness (QED) is 0.685. The van der Waals surface area contributed by atoms with E-state index in [2.05, 4.69) is 39.6 Å². The molecule has 0 saturated heterocycles. The first-order valence-corrected chi connectivity index (χ1v) is 7.81. The number of para-hydroxylation sites is 1. The van der Waals surface area contributed by atoms with E-state index in [1.54, 1.807) is 0 Å². The number of fused-ring (bicyclic) bond motifs is 1. The van der Waals surface area contributed by atoms with E-state index in [9.17, 15) is 0 Å². The number of hydrogen-bond donors (Lipinski definition) is 2. The largest absolute Gasteiger partial charge is 0.313 e. The SMILES string of the molecule is CCCNCc1cc2ccccc2nc1Sc1ncn[nH]1. The van der Waals surface area contributed by atoms with Gasteiger partial charge in [0.15, 0.2) is 5.16 Å². The summed E-state index contributed by atoms with van der Waals surface area (Å²) in [5.41, 5.74) is 2.18. The number of benzene rings is 1. The van der Waals surface area contributed by atoms with E-state index in [1.807, 2.05) is 18.2 Å². The van der Waals surface area contributed by atoms with Crippen LogP contribution in [0.4, 0.5) is 0 Å². The van der Waals surface area contributed by atoms with Gasteiger partial charge in [-0.3, -0.25) is 5.10 Å². The van der Waals surface area contributed by atoms with Crippen molar-refractivity contribution >= 4 is 22.7 Å². The fraction of sp³-hybridized carbons (Fsp3) is 0.267. The summed E-state index contributed by atoms with van der Waals surface area (Å²) in [6.07, 6.45) is 2.63. The highest BCUT2D eigenvalue weighted by molar-refractivity contribution is 7.99. The Labute approximate surface area is 127 Å². The van der Waals surface area contributed by atoms with Crippen molar-refractivity contribution in [2.24, 2.45) is 0 Å². The van der Waals surface area contributed by atoms with Crippen molar-refractivity contribution in [1.29, 1.82) is 0 Å². The summed E-state index contributed by atoms with van der Waals surface area (Å²) in [6, 6.07) is 10.4. The van der Waals surface area contributed by atoms with Crippen molar-refractivity contribution in [2.75, 3.05) is 6.54 Å². The van der Waals surface area contributed by atoms with Crippen LogP contribution in [0.3, 0.4) is 0 Å². The van der Waals surface area contributed by atoms with E-state index in [0.717, 1.165) is 40.6 Å². The zero-order valence-electron chi connectivity index (χ0n) is 11.8. The summed E-state index contributed by atoms with van der Waals surface area (Å²) in [5, 5.41) is 13.1. The van der Waals surface area contributed by atoms with Gasteiger partial charge in [0, 0.05) is 11.9 Å². The molecule has 6 heteroatoms. The second-order valence-electron chi connectivity index (χ2n) is 4.71. The van der Waals surface area contributed by atoms with E-state index in [0.29, 0.717) is 0 Å². The van der Waals surface area contributed by atoms with E-state index in [4.69, 9.17) is 4.98 Å². The van der Waals surface area contributed by atoms with Gasteiger partial charge in [0.25, 0.3) is 0 Å². The Morgan fingerprint density at radius 3 is 3.00 bits per heavy atom. The first-order valence-electron chi connectivity index (χ1n) is 6.99. The van der Waals surface area contributed by atoms with Crippen LogP contribution >= 0.6 is 11.8 Å². The predicted molar refractivity (Wildman–Crippen MR) is 84.2 cm³/mol. The zero-order chi connectivity index (χ0) is 14.5. The molecule has 108 valence electrons. The summed E-state index contributed by atoms with van der Waals surface area (Å²) in [6.45, 7) is 3.97. The Kier molecular flexibility index (Phi) is 4.47. The van der Waals surface area contributed by atoms with Gasteiger partial charge in [-0.2, -0.15) is 5.10 Å². The molecule has 5 nitrogen and oxygen atoms in total. The second kappa shape index (κ2) is 6.69. The highest BCUT2D eigenvalue weighted by Gasteiger charge is 2.10. The molecule has 0 saturated carbocycles. The molecule has 0 aliphatic carbocycles. The molecule has 0 unspecified atom stereocenters. The predicted octanol–water partition coefficient (Wildman–Crippen LogP) is 3.00. The first-order chi connectivity index (χ1) is 10.4. The fourth-order valence-corrected chi connectivity index (χ4v) is 2.88. The molecule has 0 aliphatic heterocycles. The van der Waals surface area contributed by atoms with Gasteiger partial charge < -0.3 is 5.32 Å². The van der Waals surface area contributed by atoms with Gasteiger partial charge in [-0.1, -0.05) is 25.1 Å². The molecule has 2 N–H and O–H groups in total. The van der Waals surface area contributed by atoms with Crippen LogP contribution in [-0.2, 0) is 6.54 Å². The molecule has 0 radical (unpaired) electrons. The van der Waals surface area contributed by atoms with Crippen LogP contribution in [0.5, 0.6) is 0 Å². The van der Waals surface area contributed by atoms with Crippen LogP contribution in [0, 0.1) is 0 Å². The van der Waals surface area contributed by atoms with Gasteiger partial charge in [0.2, 0.25) is 0 Å². The van der Waals surface area contributed by atoms with Crippen LogP contribution in [0.1, 0.15) is 18.9 Å². The third-order valence-electron chi connectivity index (χ3n) is 3.09. The fourth-order valence-electron chi connectivity index (χ4n) is 2.09. The number of hydrogen-bond acceptors (Lipinski definition) is 5. The van der Waals surface area contributed by atoms with Crippen molar-refractivity contribution < 1.29 is 0 Å². The van der Waals surface area contributed by atoms with Crippen LogP contribution in [0.15, 0.2) is 46.8 Å². The number of nitrogens with zero attached hydrogens (tertiary/aromatic N) is 3. The maximum absolute atomic E-state index is 4.76. The summed E-state index contributed by atoms with van der Waals surface area (Å²) >= 11 is 1.51. The molecule has 3 rings (SSSR count). The lowest BCUT2D eigenvalue weighted by molar-refractivity contribution is 0.666. The van der Waals surface area contributed by atoms with Gasteiger partial charge in [0.05, 0.1) is 5.52 Å². The van der Waals surface area contributed by atoms with E-state index in [1.165, 1.54) is 23.7 Å². The molecule has 2 aromatic heterocycles. The standard InChI is InChI=1S/C15H17N5S/c1-2-7-16-9-12-8-11-5-3-4-6-13(11)19-14(12)21-15-17-10-18-20-15/h3-6,8,10,16H,2,7,9H2,1H3,(H,17,18,20). The molecule has 2 heterocycles. The van der Waals surface area contributed by atoms with Crippen LogP contribution in [-0.4, -0.2) is 26.7 Å². The molecule has 0 spiro atoms. The number of pyridine rings is 1. The highest BCUT2D eigenvalue weighted by atomic mass is 32.2. The molecule has 3 aromatic rings. The number of aromatic nitrogens is 4. The average Bonchev–Trinajstić information content (AvgIpc) is 3.01. The third kappa shape index (κ3) is 3.40. The minimum Gasteiger partial charge on any atom is -0.313 e. The lowest BCUT2D eigenvalue weighted by Gasteiger charge is -2.10. The number of aromatic amines is 1. The molecule has 0 atom stereocenters. The Morgan fingerprint density at radius 1 is 1.29 bits per heavy atom. The minimum atomic E-state index is 0.759. The molecule has 21 heavy (non-hydrogen) atoms. The molecule has 0 bridgehead atoms. The maximum atomic E-state index is 4.76. The van der Waals surface area contributed by atoms with Crippen molar-refractivity contribution in [3.8, 4) is 0 Å². The van der Waals surface area contributed by atoms with Crippen LogP contribution in [0.25, 0.3) is 10.9 Å². The number of H-pyrrole nitrogens is 1. The summed E-state index contributed by atoms with van der Waals surface area (Å²) < 4.78 is 0. The molecular formula is C15H17N5S. The topological polar surface area (TPSA) is 66.5 Å². The second-order valence-corrected chi connectivity index (χ2v) is 5.69. The number of rotatable bonds is 6. The Hall–Kier alpha value is -1.92. The average molecular weight is 299 g/mol. The highest BCUT2D eigenvalue weighted by Crippen LogP contribution is 2.28. The lowest BCUT2D eigenvalue weighted by Crippen LogP contribution is -2.14. The molecule has 0 fully saturated rings. The van der Waals surface area contributed by atoms with Crippen LogP contribution < -0.4 is 5.32 Å². The molecule has 1 aromatic carbocycles. The Morgan fingerprint density at radius 2 is 2.19 bits per heavy atom. The van der Waals surface area contributed by atoms with Crippen molar-refractivity contribution in [1.82, 2.24) is 25.5 Å². The normalized spacial score (nSPS) is 11.1. The van der Waals surface area contributed by atoms with Crippen molar-refractivity contribution in [3.63, 3.8) is 0 Å². The van der Waals surface area contributed by atoms with E-state index < -0.39 is 0 Å². The molecule has 0 amide bonds. The summed E-state index contributed by atoms with van der Waals surface area (Å²) in [4.78, 5) is 8.93. The van der Waals surface area contributed by atoms with Gasteiger partial charge >= 0.3 is 0 Å². The first kappa shape index (κ1) is 14.0. The molecular weight excluding hydrogens is 282 g/mol. The monoisotopic (exact) mass is 299 g/mol. The lowest BCUT2D eigenvalue weighted by atomic mass is 10.1. The minimum absolute atomic E-state index is 0.759. The smallest absolute Gasteiger partial charge is 0.189 e. The summed E-state index contributed by atoms with van der Waals surface area (Å²) in [5.74, 6) is 0.